The molecule has 1 rings (SSSR count). The minimum atomic E-state index is 0.348. The summed E-state index contributed by atoms with van der Waals surface area (Å²) in [5, 5.41) is 3.56. The first-order valence-electron chi connectivity index (χ1n) is 7.32. The summed E-state index contributed by atoms with van der Waals surface area (Å²) in [6, 6.07) is 4.40. The van der Waals surface area contributed by atoms with Crippen molar-refractivity contribution < 1.29 is 9.47 Å². The van der Waals surface area contributed by atoms with Crippen LogP contribution in [-0.2, 0) is 0 Å². The number of hydrogen-bond donors (Lipinski definition) is 1. The highest BCUT2D eigenvalue weighted by atomic mass is 79.9. The molecule has 0 amide bonds. The molecule has 1 unspecified atom stereocenters. The molecule has 0 fully saturated rings. The van der Waals surface area contributed by atoms with Gasteiger partial charge in [0.1, 0.15) is 0 Å². The minimum Gasteiger partial charge on any atom is -0.493 e. The maximum atomic E-state index is 5.41. The maximum absolute atomic E-state index is 5.41. The molecule has 114 valence electrons. The first kappa shape index (κ1) is 17.3. The van der Waals surface area contributed by atoms with Crippen LogP contribution in [-0.4, -0.2) is 20.8 Å². The third-order valence-electron chi connectivity index (χ3n) is 3.43. The minimum absolute atomic E-state index is 0.348. The molecular weight excluding hydrogens is 318 g/mol. The Morgan fingerprint density at radius 1 is 1.10 bits per heavy atom. The number of ether oxygens (including phenoxy) is 2. The predicted molar refractivity (Wildman–Crippen MR) is 87.8 cm³/mol. The van der Waals surface area contributed by atoms with Gasteiger partial charge in [0, 0.05) is 10.5 Å². The first-order valence-corrected chi connectivity index (χ1v) is 8.11. The smallest absolute Gasteiger partial charge is 0.161 e. The van der Waals surface area contributed by atoms with Crippen LogP contribution in [0.25, 0.3) is 0 Å². The molecule has 0 aliphatic heterocycles. The van der Waals surface area contributed by atoms with Gasteiger partial charge in [0.25, 0.3) is 0 Å². The van der Waals surface area contributed by atoms with Gasteiger partial charge in [0.2, 0.25) is 0 Å². The Kier molecular flexibility index (Phi) is 8.00. The number of halogens is 1. The molecule has 3 nitrogen and oxygen atoms in total. The van der Waals surface area contributed by atoms with Crippen LogP contribution in [0.5, 0.6) is 11.5 Å². The van der Waals surface area contributed by atoms with Gasteiger partial charge in [-0.15, -0.1) is 0 Å². The first-order chi connectivity index (χ1) is 9.67. The molecule has 0 saturated carbocycles. The van der Waals surface area contributed by atoms with Gasteiger partial charge in [-0.05, 0) is 30.7 Å². The van der Waals surface area contributed by atoms with E-state index in [0.29, 0.717) is 6.04 Å². The van der Waals surface area contributed by atoms with Gasteiger partial charge in [-0.25, -0.2) is 0 Å². The fourth-order valence-corrected chi connectivity index (χ4v) is 2.95. The SMILES string of the molecule is CCCCCC(NCC)c1cc(OC)c(OC)cc1Br. The molecule has 0 spiro atoms. The van der Waals surface area contributed by atoms with E-state index >= 15 is 0 Å². The van der Waals surface area contributed by atoms with E-state index in [0.717, 1.165) is 28.9 Å². The predicted octanol–water partition coefficient (Wildman–Crippen LogP) is 4.70. The van der Waals surface area contributed by atoms with Gasteiger partial charge in [0.15, 0.2) is 11.5 Å². The van der Waals surface area contributed by atoms with Gasteiger partial charge in [-0.1, -0.05) is 49.0 Å². The maximum Gasteiger partial charge on any atom is 0.161 e. The van der Waals surface area contributed by atoms with Crippen molar-refractivity contribution in [2.75, 3.05) is 20.8 Å². The van der Waals surface area contributed by atoms with Crippen LogP contribution in [0, 0.1) is 0 Å². The Morgan fingerprint density at radius 3 is 2.30 bits per heavy atom. The number of benzene rings is 1. The molecule has 0 heterocycles. The number of nitrogens with one attached hydrogen (secondary N) is 1. The van der Waals surface area contributed by atoms with Crippen molar-refractivity contribution in [3.8, 4) is 11.5 Å². The van der Waals surface area contributed by atoms with Crippen LogP contribution in [0.1, 0.15) is 51.1 Å². The summed E-state index contributed by atoms with van der Waals surface area (Å²) in [4.78, 5) is 0. The summed E-state index contributed by atoms with van der Waals surface area (Å²) < 4.78 is 11.8. The highest BCUT2D eigenvalue weighted by molar-refractivity contribution is 9.10. The second-order valence-corrected chi connectivity index (χ2v) is 5.69. The molecule has 1 N–H and O–H groups in total. The van der Waals surface area contributed by atoms with Crippen molar-refractivity contribution in [1.29, 1.82) is 0 Å². The third kappa shape index (κ3) is 4.67. The Balaban J connectivity index is 2.99. The van der Waals surface area contributed by atoms with E-state index in [1.807, 2.05) is 6.07 Å². The summed E-state index contributed by atoms with van der Waals surface area (Å²) in [6.07, 6.45) is 4.88. The number of hydrogen-bond acceptors (Lipinski definition) is 3. The van der Waals surface area contributed by atoms with Crippen LogP contribution in [0.2, 0.25) is 0 Å². The lowest BCUT2D eigenvalue weighted by Crippen LogP contribution is -2.21. The van der Waals surface area contributed by atoms with Crippen molar-refractivity contribution in [2.24, 2.45) is 0 Å². The van der Waals surface area contributed by atoms with Crippen LogP contribution in [0.3, 0.4) is 0 Å². The Bertz CT molecular complexity index is 410. The average molecular weight is 344 g/mol. The van der Waals surface area contributed by atoms with Crippen LogP contribution < -0.4 is 14.8 Å². The molecule has 0 aliphatic carbocycles. The summed E-state index contributed by atoms with van der Waals surface area (Å²) in [5.74, 6) is 1.54. The zero-order valence-electron chi connectivity index (χ0n) is 13.0. The normalized spacial score (nSPS) is 12.2. The van der Waals surface area contributed by atoms with Crippen molar-refractivity contribution in [3.63, 3.8) is 0 Å². The summed E-state index contributed by atoms with van der Waals surface area (Å²) in [7, 11) is 3.34. The van der Waals surface area contributed by atoms with Crippen molar-refractivity contribution in [3.05, 3.63) is 22.2 Å². The van der Waals surface area contributed by atoms with Gasteiger partial charge in [0.05, 0.1) is 14.2 Å². The van der Waals surface area contributed by atoms with Gasteiger partial charge in [-0.3, -0.25) is 0 Å². The van der Waals surface area contributed by atoms with Crippen LogP contribution >= 0.6 is 15.9 Å². The highest BCUT2D eigenvalue weighted by Gasteiger charge is 2.17. The van der Waals surface area contributed by atoms with E-state index < -0.39 is 0 Å². The van der Waals surface area contributed by atoms with Crippen molar-refractivity contribution in [1.82, 2.24) is 5.32 Å². The molecule has 0 radical (unpaired) electrons. The molecule has 20 heavy (non-hydrogen) atoms. The summed E-state index contributed by atoms with van der Waals surface area (Å²) >= 11 is 3.66. The van der Waals surface area contributed by atoms with E-state index in [1.54, 1.807) is 14.2 Å². The quantitative estimate of drug-likeness (QED) is 0.659. The van der Waals surface area contributed by atoms with E-state index in [9.17, 15) is 0 Å². The van der Waals surface area contributed by atoms with Crippen LogP contribution in [0.4, 0.5) is 0 Å². The highest BCUT2D eigenvalue weighted by Crippen LogP contribution is 2.37. The van der Waals surface area contributed by atoms with Crippen LogP contribution in [0.15, 0.2) is 16.6 Å². The van der Waals surface area contributed by atoms with E-state index in [1.165, 1.54) is 24.8 Å². The number of methoxy groups -OCH3 is 2. The average Bonchev–Trinajstić information content (AvgIpc) is 2.46. The largest absolute Gasteiger partial charge is 0.493 e. The molecule has 0 bridgehead atoms. The topological polar surface area (TPSA) is 30.5 Å². The van der Waals surface area contributed by atoms with E-state index in [2.05, 4.69) is 41.2 Å². The third-order valence-corrected chi connectivity index (χ3v) is 4.11. The Hall–Kier alpha value is -0.740. The van der Waals surface area contributed by atoms with Gasteiger partial charge < -0.3 is 14.8 Å². The molecule has 0 aliphatic rings. The zero-order valence-corrected chi connectivity index (χ0v) is 14.5. The Labute approximate surface area is 131 Å². The molecule has 1 aromatic carbocycles. The van der Waals surface area contributed by atoms with Gasteiger partial charge in [-0.2, -0.15) is 0 Å². The lowest BCUT2D eigenvalue weighted by Gasteiger charge is -2.21. The molecule has 1 atom stereocenters. The lowest BCUT2D eigenvalue weighted by molar-refractivity contribution is 0.353. The Morgan fingerprint density at radius 2 is 1.75 bits per heavy atom. The zero-order chi connectivity index (χ0) is 15.0. The lowest BCUT2D eigenvalue weighted by atomic mass is 10.00. The van der Waals surface area contributed by atoms with Crippen molar-refractivity contribution >= 4 is 15.9 Å². The fraction of sp³-hybridized carbons (Fsp3) is 0.625. The summed E-state index contributed by atoms with van der Waals surface area (Å²) in [5.41, 5.74) is 1.24. The number of rotatable bonds is 9. The van der Waals surface area contributed by atoms with E-state index in [4.69, 9.17) is 9.47 Å². The molecular formula is C16H26BrNO2. The molecule has 4 heteroatoms. The van der Waals surface area contributed by atoms with E-state index in [-0.39, 0.29) is 0 Å². The van der Waals surface area contributed by atoms with Crippen molar-refractivity contribution in [2.45, 2.75) is 45.6 Å². The second-order valence-electron chi connectivity index (χ2n) is 4.83. The number of unbranched alkanes of at least 4 members (excludes halogenated alkanes) is 2. The monoisotopic (exact) mass is 343 g/mol. The molecule has 0 aromatic heterocycles. The molecule has 1 aromatic rings. The second kappa shape index (κ2) is 9.24. The fourth-order valence-electron chi connectivity index (χ4n) is 2.35. The van der Waals surface area contributed by atoms with Gasteiger partial charge >= 0.3 is 0 Å². The standard InChI is InChI=1S/C16H26BrNO2/c1-5-7-8-9-14(18-6-2)12-10-15(19-3)16(20-4)11-13(12)17/h10-11,14,18H,5-9H2,1-4H3. The summed E-state index contributed by atoms with van der Waals surface area (Å²) in [6.45, 7) is 5.33. The molecule has 0 saturated heterocycles.